The predicted octanol–water partition coefficient (Wildman–Crippen LogP) is 1.67. The van der Waals surface area contributed by atoms with E-state index in [1.54, 1.807) is 21.1 Å². The number of carboxylic acids is 2. The monoisotopic (exact) mass is 399 g/mol. The van der Waals surface area contributed by atoms with E-state index in [9.17, 15) is 24.6 Å². The molecule has 0 rings (SSSR count). The molecule has 0 aromatic rings. The van der Waals surface area contributed by atoms with Crippen LogP contribution in [-0.2, 0) is 14.4 Å². The molecular formula is C21H37NO6. The number of carboxylic acid groups (broad SMARTS) is 2. The van der Waals surface area contributed by atoms with Crippen LogP contribution in [0.1, 0.15) is 70.6 Å². The molecule has 162 valence electrons. The van der Waals surface area contributed by atoms with Crippen molar-refractivity contribution >= 4 is 17.7 Å². The van der Waals surface area contributed by atoms with Crippen LogP contribution < -0.4 is 5.11 Å². The minimum Gasteiger partial charge on any atom is -0.550 e. The van der Waals surface area contributed by atoms with Crippen molar-refractivity contribution in [1.29, 1.82) is 0 Å². The topological polar surface area (TPSA) is 115 Å². The third-order valence-corrected chi connectivity index (χ3v) is 4.39. The maximum Gasteiger partial charge on any atom is 0.303 e. The number of nitrogens with zero attached hydrogens (tertiary/aromatic N) is 1. The molecule has 0 radical (unpaired) electrons. The Morgan fingerprint density at radius 1 is 0.893 bits per heavy atom. The van der Waals surface area contributed by atoms with Gasteiger partial charge < -0.3 is 24.6 Å². The second-order valence-corrected chi connectivity index (χ2v) is 8.52. The maximum absolute atomic E-state index is 12.4. The molecule has 0 aliphatic rings. The third-order valence-electron chi connectivity index (χ3n) is 4.39. The molecule has 0 aromatic heterocycles. The minimum absolute atomic E-state index is 0.0299. The van der Waals surface area contributed by atoms with Gasteiger partial charge in [0.25, 0.3) is 0 Å². The van der Waals surface area contributed by atoms with Gasteiger partial charge in [-0.2, -0.15) is 0 Å². The van der Waals surface area contributed by atoms with Gasteiger partial charge in [0, 0.05) is 25.2 Å². The molecule has 0 saturated heterocycles. The van der Waals surface area contributed by atoms with Gasteiger partial charge in [-0.3, -0.25) is 9.59 Å². The maximum atomic E-state index is 12.4. The zero-order valence-corrected chi connectivity index (χ0v) is 17.6. The fraction of sp³-hybridized carbons (Fsp3) is 0.762. The molecule has 0 fully saturated rings. The second-order valence-electron chi connectivity index (χ2n) is 8.52. The number of allylic oxidation sites excluding steroid dienone is 2. The molecular weight excluding hydrogens is 362 g/mol. The van der Waals surface area contributed by atoms with Gasteiger partial charge in [0.2, 0.25) is 0 Å². The number of rotatable bonds is 17. The SMILES string of the molecule is C[N+](C)(C)CC(O)(CC(=O)[O-])C(=O)CCC/C=C\CCCCCCCC(=O)O. The van der Waals surface area contributed by atoms with Gasteiger partial charge in [0.1, 0.15) is 6.54 Å². The molecule has 1 unspecified atom stereocenters. The zero-order chi connectivity index (χ0) is 21.6. The van der Waals surface area contributed by atoms with E-state index in [1.807, 2.05) is 6.08 Å². The van der Waals surface area contributed by atoms with E-state index < -0.39 is 29.7 Å². The third kappa shape index (κ3) is 14.3. The summed E-state index contributed by atoms with van der Waals surface area (Å²) in [4.78, 5) is 33.7. The highest BCUT2D eigenvalue weighted by atomic mass is 16.4. The first-order valence-corrected chi connectivity index (χ1v) is 10.1. The lowest BCUT2D eigenvalue weighted by Crippen LogP contribution is -2.56. The van der Waals surface area contributed by atoms with Gasteiger partial charge in [-0.1, -0.05) is 31.4 Å². The van der Waals surface area contributed by atoms with E-state index >= 15 is 0 Å². The number of carbonyl (C=O) groups is 3. The summed E-state index contributed by atoms with van der Waals surface area (Å²) in [6, 6.07) is 0. The average molecular weight is 400 g/mol. The van der Waals surface area contributed by atoms with E-state index in [1.165, 1.54) is 0 Å². The Bertz CT molecular complexity index is 523. The van der Waals surface area contributed by atoms with Gasteiger partial charge in [0.05, 0.1) is 21.1 Å². The van der Waals surface area contributed by atoms with Gasteiger partial charge >= 0.3 is 5.97 Å². The summed E-state index contributed by atoms with van der Waals surface area (Å²) in [5.41, 5.74) is -1.89. The smallest absolute Gasteiger partial charge is 0.303 e. The second kappa shape index (κ2) is 13.4. The Hall–Kier alpha value is -1.73. The summed E-state index contributed by atoms with van der Waals surface area (Å²) in [6.45, 7) is 0.0299. The number of unbranched alkanes of at least 4 members (excludes halogenated alkanes) is 6. The summed E-state index contributed by atoms with van der Waals surface area (Å²) in [7, 11) is 5.38. The lowest BCUT2D eigenvalue weighted by Gasteiger charge is -2.34. The predicted molar refractivity (Wildman–Crippen MR) is 105 cm³/mol. The number of quaternary nitrogens is 1. The molecule has 28 heavy (non-hydrogen) atoms. The first-order valence-electron chi connectivity index (χ1n) is 10.1. The molecule has 0 aliphatic heterocycles. The molecule has 0 aromatic carbocycles. The summed E-state index contributed by atoms with van der Waals surface area (Å²) in [5.74, 6) is -2.61. The van der Waals surface area contributed by atoms with Gasteiger partial charge in [-0.05, 0) is 32.1 Å². The molecule has 0 heterocycles. The van der Waals surface area contributed by atoms with Crippen molar-refractivity contribution in [2.24, 2.45) is 0 Å². The first-order chi connectivity index (χ1) is 13.0. The number of aliphatic hydroxyl groups is 1. The largest absolute Gasteiger partial charge is 0.550 e. The Morgan fingerprint density at radius 3 is 1.96 bits per heavy atom. The van der Waals surface area contributed by atoms with Crippen LogP contribution in [0.4, 0.5) is 0 Å². The van der Waals surface area contributed by atoms with E-state index in [4.69, 9.17) is 5.11 Å². The zero-order valence-electron chi connectivity index (χ0n) is 17.6. The van der Waals surface area contributed by atoms with Crippen molar-refractivity contribution in [3.63, 3.8) is 0 Å². The van der Waals surface area contributed by atoms with Crippen molar-refractivity contribution in [2.75, 3.05) is 27.7 Å². The van der Waals surface area contributed by atoms with E-state index in [-0.39, 0.29) is 23.9 Å². The average Bonchev–Trinajstić information content (AvgIpc) is 2.52. The molecule has 2 N–H and O–H groups in total. The van der Waals surface area contributed by atoms with E-state index in [0.29, 0.717) is 12.8 Å². The Balaban J connectivity index is 4.03. The molecule has 7 heteroatoms. The van der Waals surface area contributed by atoms with E-state index in [2.05, 4.69) is 6.08 Å². The Kier molecular flexibility index (Phi) is 12.6. The van der Waals surface area contributed by atoms with E-state index in [0.717, 1.165) is 38.5 Å². The van der Waals surface area contributed by atoms with Crippen LogP contribution in [0.25, 0.3) is 0 Å². The summed E-state index contributed by atoms with van der Waals surface area (Å²) in [6.07, 6.45) is 10.8. The summed E-state index contributed by atoms with van der Waals surface area (Å²) in [5, 5.41) is 30.0. The van der Waals surface area contributed by atoms with Crippen LogP contribution in [0.15, 0.2) is 12.2 Å². The number of carbonyl (C=O) groups excluding carboxylic acids is 2. The van der Waals surface area contributed by atoms with Crippen LogP contribution in [0.3, 0.4) is 0 Å². The summed E-state index contributed by atoms with van der Waals surface area (Å²) >= 11 is 0. The van der Waals surface area contributed by atoms with Crippen LogP contribution in [0, 0.1) is 0 Å². The highest BCUT2D eigenvalue weighted by molar-refractivity contribution is 5.90. The highest BCUT2D eigenvalue weighted by Gasteiger charge is 2.40. The van der Waals surface area contributed by atoms with Gasteiger partial charge in [-0.25, -0.2) is 0 Å². The van der Waals surface area contributed by atoms with Crippen molar-refractivity contribution in [2.45, 2.75) is 76.2 Å². The number of hydrogen-bond donors (Lipinski definition) is 2. The molecule has 7 nitrogen and oxygen atoms in total. The first kappa shape index (κ1) is 26.3. The number of Topliss-reactive ketones (excluding diaryl/α,β-unsaturated/α-hetero) is 1. The molecule has 0 bridgehead atoms. The number of aliphatic carboxylic acids is 2. The lowest BCUT2D eigenvalue weighted by atomic mass is 9.90. The fourth-order valence-electron chi connectivity index (χ4n) is 3.18. The highest BCUT2D eigenvalue weighted by Crippen LogP contribution is 2.19. The normalized spacial score (nSPS) is 14.1. The van der Waals surface area contributed by atoms with Crippen molar-refractivity contribution in [3.8, 4) is 0 Å². The van der Waals surface area contributed by atoms with Crippen molar-refractivity contribution in [3.05, 3.63) is 12.2 Å². The minimum atomic E-state index is -1.89. The molecule has 1 atom stereocenters. The van der Waals surface area contributed by atoms with Crippen LogP contribution in [-0.4, -0.2) is 65.7 Å². The standard InChI is InChI=1S/C21H37NO6/c1-22(2,3)17-21(28,16-20(26)27)18(23)14-12-10-8-6-4-5-7-9-11-13-15-19(24)25/h6,8,28H,4-5,7,9-17H2,1-3H3,(H-,24,25,26,27)/b8-6-. The molecule has 0 amide bonds. The fourth-order valence-corrected chi connectivity index (χ4v) is 3.18. The molecule has 0 saturated carbocycles. The quantitative estimate of drug-likeness (QED) is 0.218. The summed E-state index contributed by atoms with van der Waals surface area (Å²) < 4.78 is 0.283. The van der Waals surface area contributed by atoms with Crippen molar-refractivity contribution < 1.29 is 34.2 Å². The Labute approximate surface area is 168 Å². The Morgan fingerprint density at radius 2 is 1.43 bits per heavy atom. The lowest BCUT2D eigenvalue weighted by molar-refractivity contribution is -0.875. The molecule has 0 aliphatic carbocycles. The van der Waals surface area contributed by atoms with Crippen LogP contribution in [0.5, 0.6) is 0 Å². The van der Waals surface area contributed by atoms with Crippen LogP contribution >= 0.6 is 0 Å². The van der Waals surface area contributed by atoms with Gasteiger partial charge in [-0.15, -0.1) is 0 Å². The molecule has 0 spiro atoms. The van der Waals surface area contributed by atoms with Crippen molar-refractivity contribution in [1.82, 2.24) is 0 Å². The van der Waals surface area contributed by atoms with Gasteiger partial charge in [0.15, 0.2) is 11.4 Å². The van der Waals surface area contributed by atoms with Crippen LogP contribution in [0.2, 0.25) is 0 Å². The number of likely N-dealkylation sites (N-methyl/N-ethyl adjacent to an activating group) is 1. The number of hydrogen-bond acceptors (Lipinski definition) is 5. The number of ketones is 1.